The Labute approximate surface area is 757 Å². The molecule has 0 unspecified atom stereocenters. The van der Waals surface area contributed by atoms with Crippen molar-refractivity contribution < 1.29 is 0 Å². The molecule has 0 aliphatic carbocycles. The van der Waals surface area contributed by atoms with Gasteiger partial charge in [0.25, 0.3) is 0 Å². The Morgan fingerprint density at radius 2 is 0.627 bits per heavy atom. The minimum atomic E-state index is 0.254. The topological polar surface area (TPSA) is 142 Å². The Balaban J connectivity index is 0.598. The highest BCUT2D eigenvalue weighted by Crippen LogP contribution is 2.55. The van der Waals surface area contributed by atoms with E-state index in [-0.39, 0.29) is 5.69 Å². The van der Waals surface area contributed by atoms with E-state index in [0.29, 0.717) is 22.8 Å². The van der Waals surface area contributed by atoms with Gasteiger partial charge in [-0.3, -0.25) is 18.7 Å². The quantitative estimate of drug-likeness (QED) is 0.154. The van der Waals surface area contributed by atoms with Crippen LogP contribution >= 0.6 is 0 Å². The molecule has 612 valence electrons. The first-order valence-electron chi connectivity index (χ1n) is 45.4. The van der Waals surface area contributed by atoms with Gasteiger partial charge in [0.05, 0.1) is 116 Å². The van der Waals surface area contributed by atoms with E-state index in [0.717, 1.165) is 198 Å². The number of nitriles is 1. The number of pyridine rings is 1. The summed E-state index contributed by atoms with van der Waals surface area (Å²) in [5, 5.41) is 39.6. The van der Waals surface area contributed by atoms with Crippen LogP contribution in [0, 0.1) is 11.3 Å². The number of hydrogen-bond acceptors (Lipinski definition) is 8. The fourth-order valence-electron chi connectivity index (χ4n) is 24.0. The lowest BCUT2D eigenvalue weighted by atomic mass is 9.95. The fourth-order valence-corrected chi connectivity index (χ4v) is 24.0. The van der Waals surface area contributed by atoms with E-state index in [4.69, 9.17) is 34.9 Å². The van der Waals surface area contributed by atoms with Crippen LogP contribution in [0.1, 0.15) is 5.69 Å². The Morgan fingerprint density at radius 3 is 1.21 bits per heavy atom. The number of para-hydroxylation sites is 8. The largest absolute Gasteiger partial charge is 0.308 e. The minimum absolute atomic E-state index is 0.254. The van der Waals surface area contributed by atoms with Crippen molar-refractivity contribution in [2.45, 2.75) is 0 Å². The zero-order chi connectivity index (χ0) is 86.9. The molecule has 0 amide bonds. The first-order chi connectivity index (χ1) is 66.4. The maximum absolute atomic E-state index is 11.1. The molecule has 0 fully saturated rings. The van der Waals surface area contributed by atoms with Crippen LogP contribution in [0.25, 0.3) is 307 Å². The van der Waals surface area contributed by atoms with Gasteiger partial charge in [0, 0.05) is 126 Å². The molecule has 0 radical (unpaired) electrons. The molecular formula is C120H62N14. The van der Waals surface area contributed by atoms with Gasteiger partial charge in [0.15, 0.2) is 17.3 Å². The SMILES string of the molecule is N#Cc1nc2ccccc2nc1-n1c2ccc3cc(-c4ccc5nc(-n6c7ccc8ccc(-c9ccc%10nc(-n%11c%12ccc%13ccccc%13c%12c%12c%13c%14ccccc%14n%14c%15ccccc%15c(cc%12%11)c%13%14)nc(-c%11cccnc%11)c%10c9)cc8c7c7c8c9ccccc9n9c%10ccccc%10c(cc76)c89)c(-c6ccccc6)nc5c4)ccc3c2c2c3c4ccccc4n4c5ccccc5c(cc21)c34. The summed E-state index contributed by atoms with van der Waals surface area (Å²) in [6, 6.07) is 135. The van der Waals surface area contributed by atoms with Crippen molar-refractivity contribution in [2.24, 2.45) is 0 Å². The Morgan fingerprint density at radius 1 is 0.209 bits per heavy atom. The van der Waals surface area contributed by atoms with Crippen molar-refractivity contribution in [1.29, 1.82) is 5.26 Å². The molecule has 14 nitrogen and oxygen atoms in total. The van der Waals surface area contributed by atoms with Gasteiger partial charge in [0.1, 0.15) is 11.8 Å². The number of nitrogens with zero attached hydrogens (tertiary/aromatic N) is 14. The molecule has 14 heteroatoms. The van der Waals surface area contributed by atoms with Crippen molar-refractivity contribution in [1.82, 2.24) is 61.8 Å². The monoisotopic (exact) mass is 1700 g/mol. The molecule has 13 aromatic heterocycles. The third-order valence-corrected chi connectivity index (χ3v) is 29.4. The molecule has 0 aliphatic rings. The summed E-state index contributed by atoms with van der Waals surface area (Å²) in [4.78, 5) is 38.5. The van der Waals surface area contributed by atoms with Gasteiger partial charge < -0.3 is 13.2 Å². The van der Waals surface area contributed by atoms with Crippen LogP contribution in [0.5, 0.6) is 0 Å². The predicted molar refractivity (Wildman–Crippen MR) is 549 cm³/mol. The smallest absolute Gasteiger partial charge is 0.235 e. The molecule has 0 atom stereocenters. The molecule has 32 aromatic rings. The van der Waals surface area contributed by atoms with Gasteiger partial charge >= 0.3 is 0 Å². The summed E-state index contributed by atoms with van der Waals surface area (Å²) in [5.41, 5.74) is 28.0. The van der Waals surface area contributed by atoms with Crippen molar-refractivity contribution in [3.8, 4) is 68.4 Å². The van der Waals surface area contributed by atoms with Crippen LogP contribution in [0.3, 0.4) is 0 Å². The number of hydrogen-bond donors (Lipinski definition) is 0. The first kappa shape index (κ1) is 70.5. The molecule has 19 aromatic carbocycles. The van der Waals surface area contributed by atoms with Crippen LogP contribution in [0.15, 0.2) is 376 Å². The average Bonchev–Trinajstić information content (AvgIpc) is 1.52. The molecule has 0 aliphatic heterocycles. The molecule has 134 heavy (non-hydrogen) atoms. The Bertz CT molecular complexity index is 11000. The van der Waals surface area contributed by atoms with Gasteiger partial charge in [-0.05, 0) is 188 Å². The lowest BCUT2D eigenvalue weighted by molar-refractivity contribution is 1.01. The van der Waals surface area contributed by atoms with Gasteiger partial charge in [-0.1, -0.05) is 231 Å². The van der Waals surface area contributed by atoms with E-state index in [1.807, 2.05) is 42.7 Å². The van der Waals surface area contributed by atoms with Crippen LogP contribution in [-0.4, -0.2) is 61.8 Å². The molecule has 32 rings (SSSR count). The van der Waals surface area contributed by atoms with Crippen molar-refractivity contribution in [2.75, 3.05) is 0 Å². The number of aromatic nitrogens is 13. The molecule has 0 saturated heterocycles. The first-order valence-corrected chi connectivity index (χ1v) is 45.4. The lowest BCUT2D eigenvalue weighted by Gasteiger charge is -2.15. The van der Waals surface area contributed by atoms with Gasteiger partial charge in [0.2, 0.25) is 5.95 Å². The third-order valence-electron chi connectivity index (χ3n) is 29.4. The number of rotatable bonds is 7. The van der Waals surface area contributed by atoms with E-state index in [1.165, 1.54) is 86.8 Å². The van der Waals surface area contributed by atoms with Crippen LogP contribution in [-0.2, 0) is 0 Å². The summed E-state index contributed by atoms with van der Waals surface area (Å²) in [6.45, 7) is 0. The maximum atomic E-state index is 11.1. The van der Waals surface area contributed by atoms with Gasteiger partial charge in [-0.2, -0.15) is 5.26 Å². The summed E-state index contributed by atoms with van der Waals surface area (Å²) >= 11 is 0. The number of benzene rings is 19. The molecule has 0 N–H and O–H groups in total. The summed E-state index contributed by atoms with van der Waals surface area (Å²) in [6.07, 6.45) is 3.76. The van der Waals surface area contributed by atoms with Crippen molar-refractivity contribution in [3.05, 3.63) is 382 Å². The van der Waals surface area contributed by atoms with Crippen LogP contribution in [0.2, 0.25) is 0 Å². The third kappa shape index (κ3) is 9.03. The molecular weight excluding hydrogens is 1640 g/mol. The molecule has 13 heterocycles. The second-order valence-electron chi connectivity index (χ2n) is 36.0. The van der Waals surface area contributed by atoms with Crippen LogP contribution < -0.4 is 0 Å². The van der Waals surface area contributed by atoms with Gasteiger partial charge in [-0.25, -0.2) is 29.9 Å². The van der Waals surface area contributed by atoms with E-state index in [9.17, 15) is 5.26 Å². The highest BCUT2D eigenvalue weighted by Gasteiger charge is 2.33. The van der Waals surface area contributed by atoms with Crippen LogP contribution in [0.4, 0.5) is 0 Å². The normalized spacial score (nSPS) is 12.6. The van der Waals surface area contributed by atoms with Gasteiger partial charge in [-0.15, -0.1) is 0 Å². The highest BCUT2D eigenvalue weighted by atomic mass is 15.2. The van der Waals surface area contributed by atoms with E-state index in [2.05, 4.69) is 367 Å². The van der Waals surface area contributed by atoms with Crippen molar-refractivity contribution >= 4 is 245 Å². The second kappa shape index (κ2) is 25.5. The molecule has 0 saturated carbocycles. The molecule has 0 bridgehead atoms. The minimum Gasteiger partial charge on any atom is -0.308 e. The zero-order valence-electron chi connectivity index (χ0n) is 71.1. The standard InChI is InChI=1S/C120H62N14/c121-62-91-118(125-88-33-13-12-32-87(88)123-91)132-98-53-47-71-55-67(42-48-74(71)105(98)110-101(132)59-82-75-26-6-14-34-92(75)129-95-37-17-9-29-78(95)107(110)115(82)129)70-44-50-89-90(58-70)124-114(66-22-2-1-3-23-66)119(126-89)133-99-51-46-65-40-41-68(56-81(65)106(99)111-102(133)60-83-76-27-7-15-35-93(76)130-96-38-18-10-30-79(96)108(111)116(83)130)69-43-49-86-85(57-69)113(72-24-20-54-122-63-72)128-120(127-86)134-100-52-45-64-21-4-5-25-73(64)104(100)112-103(134)61-84-77-28-8-16-36-94(77)131-97-39-19-11-31-80(97)109(112)117(84)131/h1-61,63H. The Kier molecular flexibility index (Phi) is 13.4. The maximum Gasteiger partial charge on any atom is 0.235 e. The number of fused-ring (bicyclic) bond motifs is 39. The fraction of sp³-hybridized carbons (Fsp3) is 0. The zero-order valence-corrected chi connectivity index (χ0v) is 71.1. The predicted octanol–water partition coefficient (Wildman–Crippen LogP) is 29.7. The summed E-state index contributed by atoms with van der Waals surface area (Å²) in [7, 11) is 0. The lowest BCUT2D eigenvalue weighted by Crippen LogP contribution is -2.04. The van der Waals surface area contributed by atoms with E-state index >= 15 is 0 Å². The highest BCUT2D eigenvalue weighted by molar-refractivity contribution is 6.42. The Hall–Kier alpha value is -18.6. The second-order valence-corrected chi connectivity index (χ2v) is 36.0. The average molecular weight is 1700 g/mol. The van der Waals surface area contributed by atoms with E-state index < -0.39 is 0 Å². The molecule has 0 spiro atoms. The van der Waals surface area contributed by atoms with E-state index in [1.54, 1.807) is 0 Å². The summed E-state index contributed by atoms with van der Waals surface area (Å²) < 4.78 is 14.3. The van der Waals surface area contributed by atoms with Crippen molar-refractivity contribution in [3.63, 3.8) is 0 Å². The summed E-state index contributed by atoms with van der Waals surface area (Å²) in [5.74, 6) is 1.79.